The third kappa shape index (κ3) is 6.84. The minimum absolute atomic E-state index is 0.254. The molecule has 0 atom stereocenters. The Kier molecular flexibility index (Phi) is 7.23. The molecule has 0 saturated heterocycles. The van der Waals surface area contributed by atoms with E-state index < -0.39 is 0 Å². The zero-order chi connectivity index (χ0) is 12.3. The fraction of sp³-hybridized carbons (Fsp3) is 0.571. The maximum absolute atomic E-state index is 9.09. The maximum atomic E-state index is 9.09. The van der Waals surface area contributed by atoms with Gasteiger partial charge in [-0.3, -0.25) is 0 Å². The Morgan fingerprint density at radius 1 is 0.941 bits per heavy atom. The van der Waals surface area contributed by atoms with E-state index in [0.29, 0.717) is 13.2 Å². The van der Waals surface area contributed by atoms with Gasteiger partial charge >= 0.3 is 0 Å². The summed E-state index contributed by atoms with van der Waals surface area (Å²) in [5.41, 5.74) is 0. The molecule has 1 aromatic carbocycles. The van der Waals surface area contributed by atoms with Gasteiger partial charge in [-0.25, -0.2) is 0 Å². The largest absolute Gasteiger partial charge is 0.508 e. The Balaban J connectivity index is 1.95. The van der Waals surface area contributed by atoms with Gasteiger partial charge in [0.25, 0.3) is 0 Å². The summed E-state index contributed by atoms with van der Waals surface area (Å²) in [7, 11) is 0. The van der Waals surface area contributed by atoms with E-state index in [1.54, 1.807) is 24.3 Å². The first kappa shape index (κ1) is 13.8. The van der Waals surface area contributed by atoms with Gasteiger partial charge in [-0.2, -0.15) is 0 Å². The standard InChI is InChI=1S/C14H22O3/c1-2-3-4-5-10-16-11-12-17-14-8-6-13(15)7-9-14/h6-9,15H,2-5,10-12H2,1H3. The lowest BCUT2D eigenvalue weighted by molar-refractivity contribution is 0.0971. The summed E-state index contributed by atoms with van der Waals surface area (Å²) in [5, 5.41) is 9.09. The predicted octanol–water partition coefficient (Wildman–Crippen LogP) is 3.37. The molecule has 3 nitrogen and oxygen atoms in total. The Hall–Kier alpha value is -1.22. The van der Waals surface area contributed by atoms with E-state index in [1.165, 1.54) is 19.3 Å². The van der Waals surface area contributed by atoms with Gasteiger partial charge in [-0.15, -0.1) is 0 Å². The lowest BCUT2D eigenvalue weighted by Gasteiger charge is -2.07. The molecule has 1 rings (SSSR count). The molecule has 3 heteroatoms. The molecule has 1 aromatic rings. The molecule has 0 fully saturated rings. The summed E-state index contributed by atoms with van der Waals surface area (Å²) >= 11 is 0. The number of aromatic hydroxyl groups is 1. The van der Waals surface area contributed by atoms with E-state index in [1.807, 2.05) is 0 Å². The molecule has 0 aliphatic rings. The summed E-state index contributed by atoms with van der Waals surface area (Å²) in [6.45, 7) is 4.19. The fourth-order valence-electron chi connectivity index (χ4n) is 1.49. The van der Waals surface area contributed by atoms with Crippen LogP contribution in [0.1, 0.15) is 32.6 Å². The van der Waals surface area contributed by atoms with E-state index in [4.69, 9.17) is 14.6 Å². The molecule has 0 heterocycles. The van der Waals surface area contributed by atoms with E-state index in [-0.39, 0.29) is 5.75 Å². The number of unbranched alkanes of at least 4 members (excludes halogenated alkanes) is 3. The van der Waals surface area contributed by atoms with Crippen molar-refractivity contribution in [1.82, 2.24) is 0 Å². The smallest absolute Gasteiger partial charge is 0.119 e. The fourth-order valence-corrected chi connectivity index (χ4v) is 1.49. The number of hydrogen-bond donors (Lipinski definition) is 1. The van der Waals surface area contributed by atoms with Crippen LogP contribution in [0, 0.1) is 0 Å². The molecular weight excluding hydrogens is 216 g/mol. The third-order valence-electron chi connectivity index (χ3n) is 2.48. The zero-order valence-corrected chi connectivity index (χ0v) is 10.5. The molecule has 17 heavy (non-hydrogen) atoms. The lowest BCUT2D eigenvalue weighted by atomic mass is 10.2. The first-order valence-corrected chi connectivity index (χ1v) is 6.32. The van der Waals surface area contributed by atoms with Crippen molar-refractivity contribution in [3.05, 3.63) is 24.3 Å². The van der Waals surface area contributed by atoms with Gasteiger partial charge in [-0.1, -0.05) is 26.2 Å². The highest BCUT2D eigenvalue weighted by Gasteiger charge is 1.94. The van der Waals surface area contributed by atoms with Crippen molar-refractivity contribution in [2.24, 2.45) is 0 Å². The number of ether oxygens (including phenoxy) is 2. The van der Waals surface area contributed by atoms with Crippen molar-refractivity contribution < 1.29 is 14.6 Å². The quantitative estimate of drug-likeness (QED) is 0.670. The van der Waals surface area contributed by atoms with Crippen LogP contribution < -0.4 is 4.74 Å². The van der Waals surface area contributed by atoms with Gasteiger partial charge in [-0.05, 0) is 30.7 Å². The number of hydrogen-bond acceptors (Lipinski definition) is 3. The number of phenols is 1. The summed E-state index contributed by atoms with van der Waals surface area (Å²) in [4.78, 5) is 0. The summed E-state index contributed by atoms with van der Waals surface area (Å²) in [6.07, 6.45) is 4.92. The van der Waals surface area contributed by atoms with E-state index in [2.05, 4.69) is 6.92 Å². The molecule has 0 amide bonds. The number of benzene rings is 1. The van der Waals surface area contributed by atoms with Gasteiger partial charge in [0, 0.05) is 6.61 Å². The van der Waals surface area contributed by atoms with Crippen molar-refractivity contribution in [3.8, 4) is 11.5 Å². The molecule has 0 saturated carbocycles. The topological polar surface area (TPSA) is 38.7 Å². The second-order valence-electron chi connectivity index (χ2n) is 4.02. The van der Waals surface area contributed by atoms with Gasteiger partial charge < -0.3 is 14.6 Å². The molecular formula is C14H22O3. The van der Waals surface area contributed by atoms with Crippen LogP contribution in [0.4, 0.5) is 0 Å². The van der Waals surface area contributed by atoms with Crippen LogP contribution in [0.15, 0.2) is 24.3 Å². The van der Waals surface area contributed by atoms with Gasteiger partial charge in [0.1, 0.15) is 18.1 Å². The summed E-state index contributed by atoms with van der Waals surface area (Å²) in [5.74, 6) is 1.02. The summed E-state index contributed by atoms with van der Waals surface area (Å²) < 4.78 is 10.9. The second-order valence-corrected chi connectivity index (χ2v) is 4.02. The maximum Gasteiger partial charge on any atom is 0.119 e. The molecule has 0 spiro atoms. The molecule has 0 bridgehead atoms. The molecule has 1 N–H and O–H groups in total. The highest BCUT2D eigenvalue weighted by Crippen LogP contribution is 2.15. The van der Waals surface area contributed by atoms with Gasteiger partial charge in [0.2, 0.25) is 0 Å². The third-order valence-corrected chi connectivity index (χ3v) is 2.48. The number of rotatable bonds is 9. The molecule has 0 radical (unpaired) electrons. The van der Waals surface area contributed by atoms with Crippen molar-refractivity contribution in [2.75, 3.05) is 19.8 Å². The minimum atomic E-state index is 0.254. The average Bonchev–Trinajstić information content (AvgIpc) is 2.35. The van der Waals surface area contributed by atoms with Crippen LogP contribution in [-0.4, -0.2) is 24.9 Å². The van der Waals surface area contributed by atoms with E-state index in [0.717, 1.165) is 18.8 Å². The van der Waals surface area contributed by atoms with E-state index >= 15 is 0 Å². The van der Waals surface area contributed by atoms with Crippen molar-refractivity contribution in [1.29, 1.82) is 0 Å². The molecule has 0 unspecified atom stereocenters. The van der Waals surface area contributed by atoms with Crippen LogP contribution >= 0.6 is 0 Å². The van der Waals surface area contributed by atoms with Crippen LogP contribution in [0.3, 0.4) is 0 Å². The van der Waals surface area contributed by atoms with Crippen molar-refractivity contribution in [3.63, 3.8) is 0 Å². The van der Waals surface area contributed by atoms with E-state index in [9.17, 15) is 0 Å². The minimum Gasteiger partial charge on any atom is -0.508 e. The Morgan fingerprint density at radius 3 is 2.41 bits per heavy atom. The van der Waals surface area contributed by atoms with Crippen LogP contribution in [0.5, 0.6) is 11.5 Å². The van der Waals surface area contributed by atoms with Crippen molar-refractivity contribution >= 4 is 0 Å². The summed E-state index contributed by atoms with van der Waals surface area (Å²) in [6, 6.07) is 6.72. The molecule has 0 aliphatic carbocycles. The van der Waals surface area contributed by atoms with Crippen LogP contribution in [-0.2, 0) is 4.74 Å². The Labute approximate surface area is 103 Å². The normalized spacial score (nSPS) is 10.4. The lowest BCUT2D eigenvalue weighted by Crippen LogP contribution is -2.07. The molecule has 96 valence electrons. The number of phenolic OH excluding ortho intramolecular Hbond substituents is 1. The molecule has 0 aromatic heterocycles. The SMILES string of the molecule is CCCCCCOCCOc1ccc(O)cc1. The zero-order valence-electron chi connectivity index (χ0n) is 10.5. The predicted molar refractivity (Wildman–Crippen MR) is 68.6 cm³/mol. The Morgan fingerprint density at radius 2 is 1.71 bits per heavy atom. The van der Waals surface area contributed by atoms with Crippen LogP contribution in [0.2, 0.25) is 0 Å². The highest BCUT2D eigenvalue weighted by atomic mass is 16.5. The first-order chi connectivity index (χ1) is 8.33. The Bertz CT molecular complexity index is 282. The first-order valence-electron chi connectivity index (χ1n) is 6.32. The average molecular weight is 238 g/mol. The highest BCUT2D eigenvalue weighted by molar-refractivity contribution is 5.29. The van der Waals surface area contributed by atoms with Gasteiger partial charge in [0.15, 0.2) is 0 Å². The monoisotopic (exact) mass is 238 g/mol. The van der Waals surface area contributed by atoms with Gasteiger partial charge in [0.05, 0.1) is 6.61 Å². The van der Waals surface area contributed by atoms with Crippen LogP contribution in [0.25, 0.3) is 0 Å². The molecule has 0 aliphatic heterocycles. The second kappa shape index (κ2) is 8.88. The van der Waals surface area contributed by atoms with Crippen molar-refractivity contribution in [2.45, 2.75) is 32.6 Å².